The molecule has 2 aromatic carbocycles. The smallest absolute Gasteiger partial charge is 0.265 e. The molecule has 1 aliphatic rings. The number of hydroxylamine groups is 1. The molecule has 0 aliphatic heterocycles. The molecule has 182 valence electrons. The van der Waals surface area contributed by atoms with E-state index in [2.05, 4.69) is 5.32 Å². The highest BCUT2D eigenvalue weighted by Gasteiger charge is 2.39. The Labute approximate surface area is 201 Å². The predicted molar refractivity (Wildman–Crippen MR) is 130 cm³/mol. The Bertz CT molecular complexity index is 935. The van der Waals surface area contributed by atoms with E-state index >= 15 is 0 Å². The first-order valence-corrected chi connectivity index (χ1v) is 12.1. The number of benzene rings is 2. The molecule has 34 heavy (non-hydrogen) atoms. The molecule has 1 fully saturated rings. The largest absolute Gasteiger partial charge is 0.356 e. The van der Waals surface area contributed by atoms with Gasteiger partial charge in [-0.25, -0.2) is 5.48 Å². The predicted octanol–water partition coefficient (Wildman–Crippen LogP) is 3.12. The molecular formula is C27H35N3O4. The summed E-state index contributed by atoms with van der Waals surface area (Å²) in [5, 5.41) is 12.2. The molecule has 0 heterocycles. The normalized spacial score (nSPS) is 18.5. The minimum absolute atomic E-state index is 0.101. The van der Waals surface area contributed by atoms with E-state index in [1.807, 2.05) is 60.7 Å². The van der Waals surface area contributed by atoms with E-state index in [1.54, 1.807) is 12.4 Å². The highest BCUT2D eigenvalue weighted by Crippen LogP contribution is 2.32. The van der Waals surface area contributed by atoms with Gasteiger partial charge in [0.1, 0.15) is 6.04 Å². The van der Waals surface area contributed by atoms with Crippen LogP contribution >= 0.6 is 0 Å². The van der Waals surface area contributed by atoms with Crippen molar-refractivity contribution < 1.29 is 19.6 Å². The van der Waals surface area contributed by atoms with Crippen molar-refractivity contribution in [3.8, 4) is 0 Å². The first-order valence-electron chi connectivity index (χ1n) is 12.1. The second kappa shape index (κ2) is 12.9. The summed E-state index contributed by atoms with van der Waals surface area (Å²) in [7, 11) is 0. The van der Waals surface area contributed by atoms with Crippen LogP contribution in [0.3, 0.4) is 0 Å². The second-order valence-corrected chi connectivity index (χ2v) is 8.94. The van der Waals surface area contributed by atoms with Gasteiger partial charge in [-0.2, -0.15) is 0 Å². The molecule has 1 saturated carbocycles. The Morgan fingerprint density at radius 2 is 1.47 bits per heavy atom. The Hall–Kier alpha value is -3.19. The zero-order valence-electron chi connectivity index (χ0n) is 19.8. The lowest BCUT2D eigenvalue weighted by molar-refractivity contribution is -0.150. The molecule has 0 spiro atoms. The van der Waals surface area contributed by atoms with Gasteiger partial charge in [0, 0.05) is 24.9 Å². The molecular weight excluding hydrogens is 430 g/mol. The van der Waals surface area contributed by atoms with Gasteiger partial charge in [-0.3, -0.25) is 19.6 Å². The van der Waals surface area contributed by atoms with Crippen molar-refractivity contribution in [3.63, 3.8) is 0 Å². The van der Waals surface area contributed by atoms with Crippen LogP contribution in [0.2, 0.25) is 0 Å². The number of amides is 3. The topological polar surface area (TPSA) is 98.7 Å². The third kappa shape index (κ3) is 6.90. The van der Waals surface area contributed by atoms with Crippen LogP contribution in [0.5, 0.6) is 0 Å². The maximum Gasteiger partial charge on any atom is 0.265 e. The van der Waals surface area contributed by atoms with Crippen molar-refractivity contribution in [2.45, 2.75) is 51.5 Å². The molecule has 2 aromatic rings. The molecule has 0 saturated heterocycles. The van der Waals surface area contributed by atoms with Gasteiger partial charge in [-0.05, 0) is 43.7 Å². The number of carbonyl (C=O) groups excluding carboxylic acids is 3. The summed E-state index contributed by atoms with van der Waals surface area (Å²) in [4.78, 5) is 40.5. The fourth-order valence-corrected chi connectivity index (χ4v) is 4.68. The Morgan fingerprint density at radius 1 is 0.912 bits per heavy atom. The highest BCUT2D eigenvalue weighted by atomic mass is 16.5. The minimum atomic E-state index is -0.843. The molecule has 7 nitrogen and oxygen atoms in total. The van der Waals surface area contributed by atoms with E-state index < -0.39 is 23.8 Å². The standard InChI is InChI=1S/C27H35N3O4/c1-20(25(31)29-34)30(19-17-22-12-6-3-7-13-22)27(33)24-15-9-8-14-23(24)26(32)28-18-16-21-10-4-2-5-11-21/h2-7,10-13,20,23-24,34H,8-9,14-19H2,1H3,(H,28,32)(H,29,31)/t20-,23?,24?/m1/s1. The third-order valence-electron chi connectivity index (χ3n) is 6.70. The molecule has 7 heteroatoms. The van der Waals surface area contributed by atoms with Crippen molar-refractivity contribution in [3.05, 3.63) is 71.8 Å². The van der Waals surface area contributed by atoms with Crippen molar-refractivity contribution in [1.82, 2.24) is 15.7 Å². The van der Waals surface area contributed by atoms with Crippen LogP contribution in [0, 0.1) is 11.8 Å². The summed E-state index contributed by atoms with van der Waals surface area (Å²) in [6.45, 7) is 2.45. The van der Waals surface area contributed by atoms with Gasteiger partial charge >= 0.3 is 0 Å². The highest BCUT2D eigenvalue weighted by molar-refractivity contribution is 5.91. The van der Waals surface area contributed by atoms with Crippen LogP contribution in [0.15, 0.2) is 60.7 Å². The van der Waals surface area contributed by atoms with E-state index in [1.165, 1.54) is 4.90 Å². The number of nitrogens with zero attached hydrogens (tertiary/aromatic N) is 1. The molecule has 0 aromatic heterocycles. The van der Waals surface area contributed by atoms with Crippen molar-refractivity contribution in [2.24, 2.45) is 11.8 Å². The first-order chi connectivity index (χ1) is 16.5. The first kappa shape index (κ1) is 25.4. The van der Waals surface area contributed by atoms with Crippen LogP contribution in [0.25, 0.3) is 0 Å². The van der Waals surface area contributed by atoms with Gasteiger partial charge in [0.2, 0.25) is 11.8 Å². The molecule has 0 radical (unpaired) electrons. The Balaban J connectivity index is 1.68. The molecule has 2 unspecified atom stereocenters. The van der Waals surface area contributed by atoms with Crippen LogP contribution in [-0.2, 0) is 27.2 Å². The van der Waals surface area contributed by atoms with E-state index in [4.69, 9.17) is 5.21 Å². The maximum atomic E-state index is 13.7. The van der Waals surface area contributed by atoms with Crippen molar-refractivity contribution in [2.75, 3.05) is 13.1 Å². The lowest BCUT2D eigenvalue weighted by atomic mass is 9.77. The summed E-state index contributed by atoms with van der Waals surface area (Å²) >= 11 is 0. The number of hydrogen-bond acceptors (Lipinski definition) is 4. The summed E-state index contributed by atoms with van der Waals surface area (Å²) < 4.78 is 0. The van der Waals surface area contributed by atoms with E-state index in [-0.39, 0.29) is 11.8 Å². The summed E-state index contributed by atoms with van der Waals surface area (Å²) in [6.07, 6.45) is 4.35. The Morgan fingerprint density at radius 3 is 2.06 bits per heavy atom. The average molecular weight is 466 g/mol. The van der Waals surface area contributed by atoms with Crippen LogP contribution in [-0.4, -0.2) is 47.0 Å². The molecule has 3 atom stereocenters. The zero-order valence-corrected chi connectivity index (χ0v) is 19.8. The Kier molecular flexibility index (Phi) is 9.64. The van der Waals surface area contributed by atoms with E-state index in [0.29, 0.717) is 32.4 Å². The van der Waals surface area contributed by atoms with E-state index in [0.717, 1.165) is 30.4 Å². The van der Waals surface area contributed by atoms with Gasteiger partial charge < -0.3 is 10.2 Å². The lowest BCUT2D eigenvalue weighted by Crippen LogP contribution is -2.52. The molecule has 3 rings (SSSR count). The fraction of sp³-hybridized carbons (Fsp3) is 0.444. The maximum absolute atomic E-state index is 13.7. The van der Waals surface area contributed by atoms with Crippen molar-refractivity contribution >= 4 is 17.7 Å². The summed E-state index contributed by atoms with van der Waals surface area (Å²) in [5.41, 5.74) is 3.87. The molecule has 0 bridgehead atoms. The van der Waals surface area contributed by atoms with E-state index in [9.17, 15) is 14.4 Å². The number of carbonyl (C=O) groups is 3. The zero-order chi connectivity index (χ0) is 24.3. The SMILES string of the molecule is C[C@H](C(=O)NO)N(CCc1ccccc1)C(=O)C1CCCCC1C(=O)NCCc1ccccc1. The number of nitrogens with one attached hydrogen (secondary N) is 2. The van der Waals surface area contributed by atoms with Gasteiger partial charge in [0.05, 0.1) is 0 Å². The fourth-order valence-electron chi connectivity index (χ4n) is 4.68. The lowest BCUT2D eigenvalue weighted by Gasteiger charge is -2.36. The molecule has 3 amide bonds. The summed E-state index contributed by atoms with van der Waals surface area (Å²) in [6, 6.07) is 18.9. The van der Waals surface area contributed by atoms with Crippen LogP contribution in [0.4, 0.5) is 0 Å². The van der Waals surface area contributed by atoms with Crippen LogP contribution < -0.4 is 10.8 Å². The monoisotopic (exact) mass is 465 g/mol. The van der Waals surface area contributed by atoms with Gasteiger partial charge in [-0.15, -0.1) is 0 Å². The number of hydrogen-bond donors (Lipinski definition) is 3. The summed E-state index contributed by atoms with van der Waals surface area (Å²) in [5.74, 6) is -1.83. The van der Waals surface area contributed by atoms with Crippen molar-refractivity contribution in [1.29, 1.82) is 0 Å². The van der Waals surface area contributed by atoms with Gasteiger partial charge in [0.15, 0.2) is 0 Å². The molecule has 1 aliphatic carbocycles. The molecule has 3 N–H and O–H groups in total. The second-order valence-electron chi connectivity index (χ2n) is 8.94. The third-order valence-corrected chi connectivity index (χ3v) is 6.70. The van der Waals surface area contributed by atoms with Gasteiger partial charge in [0.25, 0.3) is 5.91 Å². The number of rotatable bonds is 10. The average Bonchev–Trinajstić information content (AvgIpc) is 2.89. The minimum Gasteiger partial charge on any atom is -0.356 e. The van der Waals surface area contributed by atoms with Gasteiger partial charge in [-0.1, -0.05) is 73.5 Å². The van der Waals surface area contributed by atoms with Crippen LogP contribution in [0.1, 0.15) is 43.7 Å². The quantitative estimate of drug-likeness (QED) is 0.371.